The third-order valence-corrected chi connectivity index (χ3v) is 7.66. The molecule has 2 aromatic rings. The second-order valence-corrected chi connectivity index (χ2v) is 11.4. The topological polar surface area (TPSA) is 45.0 Å². The summed E-state index contributed by atoms with van der Waals surface area (Å²) in [5.74, 6) is 0.564. The summed E-state index contributed by atoms with van der Waals surface area (Å²) in [6.45, 7) is 6.40. The summed E-state index contributed by atoms with van der Waals surface area (Å²) in [6, 6.07) is 11.5. The van der Waals surface area contributed by atoms with E-state index in [9.17, 15) is 9.18 Å². The summed E-state index contributed by atoms with van der Waals surface area (Å²) in [4.78, 5) is 15.5. The van der Waals surface area contributed by atoms with Gasteiger partial charge in [-0.2, -0.15) is 4.58 Å². The molecule has 3 aliphatic rings. The van der Waals surface area contributed by atoms with Crippen molar-refractivity contribution in [3.05, 3.63) is 82.4 Å². The zero-order chi connectivity index (χ0) is 27.9. The molecule has 0 spiro atoms. The zero-order valence-electron chi connectivity index (χ0n) is 23.7. The van der Waals surface area contributed by atoms with Crippen LogP contribution < -0.4 is 9.47 Å². The van der Waals surface area contributed by atoms with Crippen LogP contribution in [-0.4, -0.2) is 67.5 Å². The normalized spacial score (nSPS) is 17.6. The van der Waals surface area contributed by atoms with Crippen LogP contribution in [0.15, 0.2) is 65.5 Å². The minimum atomic E-state index is -0.641. The van der Waals surface area contributed by atoms with E-state index in [0.29, 0.717) is 11.3 Å². The molecule has 7 heteroatoms. The largest absolute Gasteiger partial charge is 0.456 e. The quantitative estimate of drug-likeness (QED) is 0.412. The molecule has 2 aliphatic heterocycles. The lowest BCUT2D eigenvalue weighted by Crippen LogP contribution is -2.30. The van der Waals surface area contributed by atoms with Crippen LogP contribution in [0.25, 0.3) is 6.08 Å². The summed E-state index contributed by atoms with van der Waals surface area (Å²) >= 11 is 0. The van der Waals surface area contributed by atoms with Crippen LogP contribution in [0.3, 0.4) is 0 Å². The number of allylic oxidation sites excluding steroid dienone is 4. The highest BCUT2D eigenvalue weighted by molar-refractivity contribution is 6.03. The van der Waals surface area contributed by atoms with Crippen LogP contribution in [0.2, 0.25) is 0 Å². The molecule has 2 aromatic carbocycles. The average molecular weight is 531 g/mol. The zero-order valence-corrected chi connectivity index (χ0v) is 23.7. The molecule has 0 saturated carbocycles. The Bertz CT molecular complexity index is 1450. The fraction of sp³-hybridized carbons (Fsp3) is 0.375. The number of halogens is 1. The highest BCUT2D eigenvalue weighted by Crippen LogP contribution is 2.43. The molecule has 39 heavy (non-hydrogen) atoms. The lowest BCUT2D eigenvalue weighted by atomic mass is 9.81. The number of carbonyl (C=O) groups excluding carboxylic acids is 1. The van der Waals surface area contributed by atoms with Crippen LogP contribution in [-0.2, 0) is 5.41 Å². The highest BCUT2D eigenvalue weighted by atomic mass is 19.1. The fourth-order valence-electron chi connectivity index (χ4n) is 5.50. The van der Waals surface area contributed by atoms with Crippen LogP contribution in [0, 0.1) is 5.82 Å². The van der Waals surface area contributed by atoms with E-state index < -0.39 is 11.9 Å². The van der Waals surface area contributed by atoms with Crippen molar-refractivity contribution in [2.75, 3.05) is 41.3 Å². The summed E-state index contributed by atoms with van der Waals surface area (Å²) in [5, 5.41) is 0. The smallest absolute Gasteiger partial charge is 0.414 e. The molecule has 0 bridgehead atoms. The van der Waals surface area contributed by atoms with Crippen molar-refractivity contribution in [1.82, 2.24) is 9.80 Å². The number of hydrogen-bond acceptors (Lipinski definition) is 4. The molecule has 0 radical (unpaired) electrons. The van der Waals surface area contributed by atoms with Gasteiger partial charge in [0.25, 0.3) is 0 Å². The Morgan fingerprint density at radius 1 is 1.13 bits per heavy atom. The molecule has 2 heterocycles. The molecule has 1 aliphatic carbocycles. The van der Waals surface area contributed by atoms with Gasteiger partial charge in [0.15, 0.2) is 23.8 Å². The van der Waals surface area contributed by atoms with Crippen LogP contribution in [0.4, 0.5) is 14.9 Å². The second kappa shape index (κ2) is 10.5. The number of benzene rings is 2. The van der Waals surface area contributed by atoms with E-state index in [4.69, 9.17) is 9.47 Å². The maximum absolute atomic E-state index is 14.7. The van der Waals surface area contributed by atoms with Gasteiger partial charge in [0, 0.05) is 43.4 Å². The molecular formula is C32H37FN3O3+. The highest BCUT2D eigenvalue weighted by Gasteiger charge is 2.44. The Balaban J connectivity index is 1.51. The Hall–Kier alpha value is -3.71. The fourth-order valence-corrected chi connectivity index (χ4v) is 5.50. The van der Waals surface area contributed by atoms with Crippen molar-refractivity contribution in [1.29, 1.82) is 0 Å². The van der Waals surface area contributed by atoms with Crippen molar-refractivity contribution < 1.29 is 23.2 Å². The van der Waals surface area contributed by atoms with E-state index in [0.717, 1.165) is 49.3 Å². The van der Waals surface area contributed by atoms with Gasteiger partial charge in [-0.3, -0.25) is 0 Å². The summed E-state index contributed by atoms with van der Waals surface area (Å²) in [5.41, 5.74) is 6.53. The van der Waals surface area contributed by atoms with Gasteiger partial charge in [-0.15, -0.1) is 0 Å². The number of likely N-dealkylation sites (N-methyl/N-ethyl adjacent to an activating group) is 1. The molecule has 0 fully saturated rings. The number of para-hydroxylation sites is 1. The van der Waals surface area contributed by atoms with Crippen molar-refractivity contribution in [2.45, 2.75) is 38.5 Å². The predicted molar refractivity (Wildman–Crippen MR) is 153 cm³/mol. The van der Waals surface area contributed by atoms with Crippen molar-refractivity contribution in [3.63, 3.8) is 0 Å². The van der Waals surface area contributed by atoms with Gasteiger partial charge in [-0.25, -0.2) is 9.18 Å². The molecular weight excluding hydrogens is 493 g/mol. The summed E-state index contributed by atoms with van der Waals surface area (Å²) in [6.07, 6.45) is 8.54. The number of rotatable bonds is 6. The maximum atomic E-state index is 14.7. The Kier molecular flexibility index (Phi) is 7.21. The van der Waals surface area contributed by atoms with Gasteiger partial charge in [0.05, 0.1) is 12.0 Å². The minimum absolute atomic E-state index is 0.138. The number of nitrogens with zero attached hydrogens (tertiary/aromatic N) is 3. The van der Waals surface area contributed by atoms with Gasteiger partial charge in [0.1, 0.15) is 11.5 Å². The van der Waals surface area contributed by atoms with Crippen molar-refractivity contribution >= 4 is 23.6 Å². The molecule has 6 nitrogen and oxygen atoms in total. The molecule has 204 valence electrons. The maximum Gasteiger partial charge on any atom is 0.414 e. The first-order valence-electron chi connectivity index (χ1n) is 13.5. The van der Waals surface area contributed by atoms with E-state index >= 15 is 0 Å². The lowest BCUT2D eigenvalue weighted by Gasteiger charge is -2.27. The third-order valence-electron chi connectivity index (χ3n) is 7.66. The first-order chi connectivity index (χ1) is 18.6. The summed E-state index contributed by atoms with van der Waals surface area (Å²) < 4.78 is 28.8. The number of ether oxygens (including phenoxy) is 2. The number of amides is 1. The average Bonchev–Trinajstić information content (AvgIpc) is 3.11. The van der Waals surface area contributed by atoms with E-state index in [1.54, 1.807) is 14.1 Å². The Labute approximate surface area is 230 Å². The van der Waals surface area contributed by atoms with Gasteiger partial charge >= 0.3 is 6.09 Å². The van der Waals surface area contributed by atoms with E-state index in [1.807, 2.05) is 6.08 Å². The predicted octanol–water partition coefficient (Wildman–Crippen LogP) is 6.29. The van der Waals surface area contributed by atoms with Crippen molar-refractivity contribution in [2.24, 2.45) is 0 Å². The van der Waals surface area contributed by atoms with E-state index in [-0.39, 0.29) is 11.2 Å². The standard InChI is InChI=1S/C32H37FN3O3/c1-32(2)24-12-7-8-13-26(24)36(17-16-34(3)4)29(32)15-14-21-10-9-11-22-18-23-19-25(33)28(39-31(37)35(5)6)20-27(23)38-30(21)22/h7-8,12-15,18-20H,9-11,16-17H2,1-6H3/q+1/b15-14+. The molecule has 5 rings (SSSR count). The van der Waals surface area contributed by atoms with Crippen LogP contribution in [0.1, 0.15) is 44.2 Å². The third kappa shape index (κ3) is 5.15. The van der Waals surface area contributed by atoms with Gasteiger partial charge in [-0.1, -0.05) is 18.2 Å². The molecule has 0 aromatic heterocycles. The molecule has 1 amide bonds. The monoisotopic (exact) mass is 530 g/mol. The molecule has 0 N–H and O–H groups in total. The molecule has 0 unspecified atom stereocenters. The SMILES string of the molecule is CN(C)CC[N+]1=C(/C=C/C2=C3Oc4cc(OC(=O)N(C)C)c(F)cc4C=C3CCC2)C(C)(C)c2ccccc21. The van der Waals surface area contributed by atoms with Gasteiger partial charge in [0.2, 0.25) is 5.69 Å². The molecule has 0 atom stereocenters. The molecule has 0 saturated heterocycles. The number of carbonyl (C=O) groups is 1. The Morgan fingerprint density at radius 2 is 1.90 bits per heavy atom. The van der Waals surface area contributed by atoms with Crippen molar-refractivity contribution in [3.8, 4) is 11.5 Å². The first-order valence-corrected chi connectivity index (χ1v) is 13.5. The van der Waals surface area contributed by atoms with Crippen LogP contribution >= 0.6 is 0 Å². The second-order valence-electron chi connectivity index (χ2n) is 11.4. The van der Waals surface area contributed by atoms with Crippen LogP contribution in [0.5, 0.6) is 11.5 Å². The number of fused-ring (bicyclic) bond motifs is 3. The lowest BCUT2D eigenvalue weighted by molar-refractivity contribution is -0.437. The van der Waals surface area contributed by atoms with Gasteiger partial charge < -0.3 is 19.3 Å². The number of hydrogen-bond donors (Lipinski definition) is 0. The summed E-state index contributed by atoms with van der Waals surface area (Å²) in [7, 11) is 7.31. The van der Waals surface area contributed by atoms with Gasteiger partial charge in [-0.05, 0) is 76.6 Å². The first kappa shape index (κ1) is 26.9. The minimum Gasteiger partial charge on any atom is -0.456 e. The van der Waals surface area contributed by atoms with E-state index in [1.165, 1.54) is 34.0 Å². The van der Waals surface area contributed by atoms with E-state index in [2.05, 4.69) is 73.8 Å². The Morgan fingerprint density at radius 3 is 2.64 bits per heavy atom.